The van der Waals surface area contributed by atoms with Gasteiger partial charge in [-0.1, -0.05) is 52.0 Å². The van der Waals surface area contributed by atoms with Crippen LogP contribution in [0.15, 0.2) is 48.5 Å². The van der Waals surface area contributed by atoms with Crippen LogP contribution in [0.4, 0.5) is 0 Å². The monoisotopic (exact) mass is 410 g/mol. The summed E-state index contributed by atoms with van der Waals surface area (Å²) in [6.07, 6.45) is 7.14. The Kier molecular flexibility index (Phi) is 8.21. The summed E-state index contributed by atoms with van der Waals surface area (Å²) in [4.78, 5) is 0. The molecule has 2 aromatic carbocycles. The number of rotatable bonds is 7. The second-order valence-electron chi connectivity index (χ2n) is 8.98. The molecule has 0 bridgehead atoms. The average molecular weight is 411 g/mol. The van der Waals surface area contributed by atoms with Gasteiger partial charge in [-0.05, 0) is 85.3 Å². The van der Waals surface area contributed by atoms with Gasteiger partial charge in [0.05, 0.1) is 18.8 Å². The van der Waals surface area contributed by atoms with Crippen LogP contribution in [-0.4, -0.2) is 23.9 Å². The molecule has 4 rings (SSSR count). The van der Waals surface area contributed by atoms with E-state index in [1.807, 2.05) is 12.1 Å². The predicted octanol–water partition coefficient (Wildman–Crippen LogP) is 7.05. The van der Waals surface area contributed by atoms with E-state index >= 15 is 0 Å². The SMILES string of the molecule is CCC(C)c1ccc(O)cc1.CCC(C)c1ccc(OCC2CCC3OC3C2)cc1. The molecule has 2 aliphatic rings. The van der Waals surface area contributed by atoms with Crippen molar-refractivity contribution >= 4 is 0 Å². The Labute approximate surface area is 182 Å². The quantitative estimate of drug-likeness (QED) is 0.497. The second kappa shape index (κ2) is 10.9. The minimum atomic E-state index is 0.344. The third-order valence-corrected chi connectivity index (χ3v) is 6.73. The van der Waals surface area contributed by atoms with Gasteiger partial charge < -0.3 is 14.6 Å². The summed E-state index contributed by atoms with van der Waals surface area (Å²) in [5.41, 5.74) is 2.70. The van der Waals surface area contributed by atoms with Crippen molar-refractivity contribution in [3.8, 4) is 11.5 Å². The van der Waals surface area contributed by atoms with Crippen molar-refractivity contribution in [3.05, 3.63) is 59.7 Å². The molecule has 3 nitrogen and oxygen atoms in total. The molecule has 3 heteroatoms. The Morgan fingerprint density at radius 2 is 1.43 bits per heavy atom. The molecule has 2 fully saturated rings. The molecule has 1 aliphatic heterocycles. The van der Waals surface area contributed by atoms with Crippen molar-refractivity contribution in [1.29, 1.82) is 0 Å². The lowest BCUT2D eigenvalue weighted by molar-refractivity contribution is 0.217. The Hall–Kier alpha value is -2.00. The lowest BCUT2D eigenvalue weighted by atomic mass is 9.90. The highest BCUT2D eigenvalue weighted by Gasteiger charge is 2.43. The van der Waals surface area contributed by atoms with Crippen LogP contribution in [-0.2, 0) is 4.74 Å². The molecule has 5 atom stereocenters. The van der Waals surface area contributed by atoms with Crippen molar-refractivity contribution in [2.45, 2.75) is 83.8 Å². The first-order valence-corrected chi connectivity index (χ1v) is 11.7. The molecule has 2 aromatic rings. The minimum absolute atomic E-state index is 0.344. The molecule has 1 N–H and O–H groups in total. The standard InChI is InChI=1S/C17H24O2.C10H14O/c1-3-12(2)14-5-7-15(8-6-14)18-11-13-4-9-16-17(10-13)19-16;1-3-8(2)9-4-6-10(11)7-5-9/h5-8,12-13,16-17H,3-4,9-11H2,1-2H3;4-8,11H,3H2,1-2H3. The van der Waals surface area contributed by atoms with Crippen LogP contribution in [0.25, 0.3) is 0 Å². The van der Waals surface area contributed by atoms with Crippen molar-refractivity contribution < 1.29 is 14.6 Å². The summed E-state index contributed by atoms with van der Waals surface area (Å²) < 4.78 is 11.5. The van der Waals surface area contributed by atoms with E-state index in [2.05, 4.69) is 52.0 Å². The molecular formula is C27H38O3. The zero-order valence-electron chi connectivity index (χ0n) is 19.0. The van der Waals surface area contributed by atoms with Crippen LogP contribution < -0.4 is 4.74 Å². The van der Waals surface area contributed by atoms with Crippen LogP contribution in [0.2, 0.25) is 0 Å². The molecule has 1 heterocycles. The number of hydrogen-bond acceptors (Lipinski definition) is 3. The summed E-state index contributed by atoms with van der Waals surface area (Å²) in [5, 5.41) is 9.01. The van der Waals surface area contributed by atoms with E-state index in [-0.39, 0.29) is 0 Å². The molecule has 0 spiro atoms. The Balaban J connectivity index is 0.000000199. The summed E-state index contributed by atoms with van der Waals surface area (Å²) in [5.74, 6) is 3.26. The van der Waals surface area contributed by atoms with Gasteiger partial charge in [-0.25, -0.2) is 0 Å². The van der Waals surface area contributed by atoms with E-state index in [0.29, 0.717) is 35.7 Å². The number of aromatic hydroxyl groups is 1. The highest BCUT2D eigenvalue weighted by Crippen LogP contribution is 2.39. The first-order chi connectivity index (χ1) is 14.5. The van der Waals surface area contributed by atoms with E-state index in [0.717, 1.165) is 18.8 Å². The molecule has 1 saturated heterocycles. The van der Waals surface area contributed by atoms with E-state index in [1.165, 1.54) is 36.8 Å². The average Bonchev–Trinajstić information content (AvgIpc) is 3.57. The summed E-state index contributed by atoms with van der Waals surface area (Å²) in [6, 6.07) is 16.0. The molecule has 0 aromatic heterocycles. The lowest BCUT2D eigenvalue weighted by Gasteiger charge is -2.19. The number of phenolic OH excluding ortho intramolecular Hbond substituents is 1. The van der Waals surface area contributed by atoms with Gasteiger partial charge in [0.25, 0.3) is 0 Å². The summed E-state index contributed by atoms with van der Waals surface area (Å²) in [6.45, 7) is 9.69. The van der Waals surface area contributed by atoms with Crippen molar-refractivity contribution in [3.63, 3.8) is 0 Å². The molecule has 1 saturated carbocycles. The van der Waals surface area contributed by atoms with Gasteiger partial charge in [0.2, 0.25) is 0 Å². The van der Waals surface area contributed by atoms with Crippen molar-refractivity contribution in [2.75, 3.05) is 6.61 Å². The van der Waals surface area contributed by atoms with Gasteiger partial charge >= 0.3 is 0 Å². The van der Waals surface area contributed by atoms with Crippen LogP contribution in [0.1, 0.15) is 82.8 Å². The lowest BCUT2D eigenvalue weighted by Crippen LogP contribution is -2.19. The number of benzene rings is 2. The molecule has 0 amide bonds. The Morgan fingerprint density at radius 3 is 1.97 bits per heavy atom. The number of fused-ring (bicyclic) bond motifs is 1. The van der Waals surface area contributed by atoms with Gasteiger partial charge in [0.15, 0.2) is 0 Å². The van der Waals surface area contributed by atoms with E-state index in [4.69, 9.17) is 14.6 Å². The molecule has 164 valence electrons. The first-order valence-electron chi connectivity index (χ1n) is 11.7. The number of epoxide rings is 1. The van der Waals surface area contributed by atoms with Crippen LogP contribution in [0.5, 0.6) is 11.5 Å². The summed E-state index contributed by atoms with van der Waals surface area (Å²) in [7, 11) is 0. The normalized spacial score (nSPS) is 24.1. The van der Waals surface area contributed by atoms with Gasteiger partial charge in [0.1, 0.15) is 11.5 Å². The van der Waals surface area contributed by atoms with Crippen LogP contribution >= 0.6 is 0 Å². The Bertz CT molecular complexity index is 753. The molecule has 1 aliphatic carbocycles. The van der Waals surface area contributed by atoms with E-state index in [9.17, 15) is 0 Å². The number of phenols is 1. The fourth-order valence-corrected chi connectivity index (χ4v) is 4.02. The zero-order valence-corrected chi connectivity index (χ0v) is 19.0. The second-order valence-corrected chi connectivity index (χ2v) is 8.98. The molecular weight excluding hydrogens is 372 g/mol. The van der Waals surface area contributed by atoms with Crippen LogP contribution in [0.3, 0.4) is 0 Å². The van der Waals surface area contributed by atoms with Gasteiger partial charge in [0, 0.05) is 0 Å². The van der Waals surface area contributed by atoms with Gasteiger partial charge in [-0.2, -0.15) is 0 Å². The van der Waals surface area contributed by atoms with Gasteiger partial charge in [-0.15, -0.1) is 0 Å². The fraction of sp³-hybridized carbons (Fsp3) is 0.556. The maximum absolute atomic E-state index is 9.01. The third-order valence-electron chi connectivity index (χ3n) is 6.73. The Morgan fingerprint density at radius 1 is 0.867 bits per heavy atom. The molecule has 30 heavy (non-hydrogen) atoms. The van der Waals surface area contributed by atoms with E-state index in [1.54, 1.807) is 12.1 Å². The number of hydrogen-bond donors (Lipinski definition) is 1. The topological polar surface area (TPSA) is 42.0 Å². The van der Waals surface area contributed by atoms with Crippen molar-refractivity contribution in [2.24, 2.45) is 5.92 Å². The first kappa shape index (κ1) is 22.7. The predicted molar refractivity (Wildman–Crippen MR) is 123 cm³/mol. The van der Waals surface area contributed by atoms with E-state index < -0.39 is 0 Å². The van der Waals surface area contributed by atoms with Crippen molar-refractivity contribution in [1.82, 2.24) is 0 Å². The fourth-order valence-electron chi connectivity index (χ4n) is 4.02. The minimum Gasteiger partial charge on any atom is -0.508 e. The molecule has 5 unspecified atom stereocenters. The summed E-state index contributed by atoms with van der Waals surface area (Å²) >= 11 is 0. The maximum atomic E-state index is 9.01. The molecule has 0 radical (unpaired) electrons. The third kappa shape index (κ3) is 6.50. The largest absolute Gasteiger partial charge is 0.508 e. The zero-order chi connectivity index (χ0) is 21.5. The number of ether oxygens (including phenoxy) is 2. The highest BCUT2D eigenvalue weighted by molar-refractivity contribution is 5.29. The van der Waals surface area contributed by atoms with Gasteiger partial charge in [-0.3, -0.25) is 0 Å². The highest BCUT2D eigenvalue weighted by atomic mass is 16.6. The smallest absolute Gasteiger partial charge is 0.119 e. The maximum Gasteiger partial charge on any atom is 0.119 e. The van der Waals surface area contributed by atoms with Crippen LogP contribution in [0, 0.1) is 5.92 Å².